The van der Waals surface area contributed by atoms with Crippen LogP contribution in [0.25, 0.3) is 0 Å². The summed E-state index contributed by atoms with van der Waals surface area (Å²) in [7, 11) is 0. The van der Waals surface area contributed by atoms with Crippen LogP contribution in [-0.2, 0) is 11.3 Å². The van der Waals surface area contributed by atoms with Crippen LogP contribution in [0.15, 0.2) is 24.3 Å². The largest absolute Gasteiger partial charge is 0.366 e. The molecule has 0 heterocycles. The van der Waals surface area contributed by atoms with Crippen LogP contribution < -0.4 is 16.4 Å². The summed E-state index contributed by atoms with van der Waals surface area (Å²) in [5, 5.41) is 6.06. The molecule has 0 bridgehead atoms. The molecule has 0 aliphatic heterocycles. The molecule has 0 saturated heterocycles. The fourth-order valence-corrected chi connectivity index (χ4v) is 1.79. The predicted octanol–water partition coefficient (Wildman–Crippen LogP) is 1.18. The van der Waals surface area contributed by atoms with E-state index in [-0.39, 0.29) is 11.9 Å². The van der Waals surface area contributed by atoms with Crippen molar-refractivity contribution < 1.29 is 9.59 Å². The van der Waals surface area contributed by atoms with Gasteiger partial charge in [-0.2, -0.15) is 0 Å². The minimum atomic E-state index is -0.433. The van der Waals surface area contributed by atoms with Gasteiger partial charge in [0.05, 0.1) is 0 Å². The first-order valence-electron chi connectivity index (χ1n) is 6.92. The van der Waals surface area contributed by atoms with Gasteiger partial charge in [-0.1, -0.05) is 25.1 Å². The van der Waals surface area contributed by atoms with Crippen LogP contribution in [0.4, 0.5) is 0 Å². The molecule has 0 aromatic heterocycles. The normalized spacial score (nSPS) is 11.9. The van der Waals surface area contributed by atoms with Gasteiger partial charge in [0.1, 0.15) is 0 Å². The minimum Gasteiger partial charge on any atom is -0.366 e. The summed E-state index contributed by atoms with van der Waals surface area (Å²) in [6, 6.07) is 7.40. The van der Waals surface area contributed by atoms with E-state index in [9.17, 15) is 9.59 Å². The Bertz CT molecular complexity index is 460. The van der Waals surface area contributed by atoms with Gasteiger partial charge in [0.15, 0.2) is 0 Å². The van der Waals surface area contributed by atoms with Gasteiger partial charge < -0.3 is 16.4 Å². The number of hydrogen-bond acceptors (Lipinski definition) is 3. The summed E-state index contributed by atoms with van der Waals surface area (Å²) in [5.41, 5.74) is 6.67. The van der Waals surface area contributed by atoms with Crippen molar-refractivity contribution in [3.8, 4) is 0 Å². The van der Waals surface area contributed by atoms with Gasteiger partial charge in [0.2, 0.25) is 11.8 Å². The highest BCUT2D eigenvalue weighted by Crippen LogP contribution is 2.07. The number of nitrogens with two attached hydrogens (primary N) is 1. The van der Waals surface area contributed by atoms with E-state index in [1.807, 2.05) is 26.0 Å². The van der Waals surface area contributed by atoms with E-state index in [0.29, 0.717) is 25.1 Å². The molecule has 1 unspecified atom stereocenters. The quantitative estimate of drug-likeness (QED) is 0.624. The van der Waals surface area contributed by atoms with E-state index in [4.69, 9.17) is 5.73 Å². The molecule has 0 spiro atoms. The molecule has 0 aliphatic rings. The average Bonchev–Trinajstić information content (AvgIpc) is 2.43. The van der Waals surface area contributed by atoms with Gasteiger partial charge >= 0.3 is 0 Å². The lowest BCUT2D eigenvalue weighted by Crippen LogP contribution is -2.34. The second-order valence-electron chi connectivity index (χ2n) is 4.82. The van der Waals surface area contributed by atoms with Crippen LogP contribution in [-0.4, -0.2) is 24.4 Å². The molecule has 0 aliphatic carbocycles. The summed E-state index contributed by atoms with van der Waals surface area (Å²) in [6.45, 7) is 5.10. The molecule has 20 heavy (non-hydrogen) atoms. The first kappa shape index (κ1) is 16.2. The second-order valence-corrected chi connectivity index (χ2v) is 4.82. The van der Waals surface area contributed by atoms with Crippen LogP contribution in [0, 0.1) is 0 Å². The van der Waals surface area contributed by atoms with Gasteiger partial charge in [-0.05, 0) is 25.0 Å². The number of nitrogens with one attached hydrogen (secondary N) is 2. The number of carbonyl (C=O) groups excluding carboxylic acids is 2. The number of hydrogen-bond donors (Lipinski definition) is 3. The Morgan fingerprint density at radius 1 is 1.30 bits per heavy atom. The van der Waals surface area contributed by atoms with Crippen molar-refractivity contribution in [3.63, 3.8) is 0 Å². The smallest absolute Gasteiger partial charge is 0.249 e. The number of primary amides is 1. The van der Waals surface area contributed by atoms with Crippen molar-refractivity contribution in [1.82, 2.24) is 10.6 Å². The summed E-state index contributed by atoms with van der Waals surface area (Å²) in [4.78, 5) is 22.8. The summed E-state index contributed by atoms with van der Waals surface area (Å²) in [5.74, 6) is -0.396. The summed E-state index contributed by atoms with van der Waals surface area (Å²) >= 11 is 0. The highest BCUT2D eigenvalue weighted by molar-refractivity contribution is 5.94. The van der Waals surface area contributed by atoms with Gasteiger partial charge in [0.25, 0.3) is 0 Å². The molecule has 0 saturated carbocycles. The van der Waals surface area contributed by atoms with Crippen molar-refractivity contribution in [1.29, 1.82) is 0 Å². The number of carbonyl (C=O) groups is 2. The summed E-state index contributed by atoms with van der Waals surface area (Å²) in [6.07, 6.45) is 1.34. The molecule has 1 rings (SSSR count). The summed E-state index contributed by atoms with van der Waals surface area (Å²) < 4.78 is 0. The third-order valence-corrected chi connectivity index (χ3v) is 3.15. The molecule has 110 valence electrons. The van der Waals surface area contributed by atoms with Crippen molar-refractivity contribution in [2.24, 2.45) is 5.73 Å². The standard InChI is InChI=1S/C15H23N3O2/c1-3-11(2)18-14(19)8-9-17-10-12-6-4-5-7-13(12)15(16)20/h4-7,11,17H,3,8-10H2,1-2H3,(H2,16,20)(H,18,19). The maximum Gasteiger partial charge on any atom is 0.249 e. The SMILES string of the molecule is CCC(C)NC(=O)CCNCc1ccccc1C(N)=O. The topological polar surface area (TPSA) is 84.2 Å². The van der Waals surface area contributed by atoms with Crippen molar-refractivity contribution >= 4 is 11.8 Å². The molecule has 1 atom stereocenters. The molecule has 0 fully saturated rings. The van der Waals surface area contributed by atoms with Crippen LogP contribution >= 0.6 is 0 Å². The monoisotopic (exact) mass is 277 g/mol. The van der Waals surface area contributed by atoms with Crippen LogP contribution in [0.5, 0.6) is 0 Å². The third-order valence-electron chi connectivity index (χ3n) is 3.15. The van der Waals surface area contributed by atoms with E-state index in [1.165, 1.54) is 0 Å². The highest BCUT2D eigenvalue weighted by Gasteiger charge is 2.07. The Hall–Kier alpha value is -1.88. The Morgan fingerprint density at radius 2 is 2.00 bits per heavy atom. The Kier molecular flexibility index (Phi) is 6.73. The molecule has 1 aromatic rings. The lowest BCUT2D eigenvalue weighted by Gasteiger charge is -2.12. The molecule has 2 amide bonds. The fraction of sp³-hybridized carbons (Fsp3) is 0.467. The Labute approximate surface area is 119 Å². The van der Waals surface area contributed by atoms with Gasteiger partial charge in [-0.25, -0.2) is 0 Å². The minimum absolute atomic E-state index is 0.0371. The molecular weight excluding hydrogens is 254 g/mol. The van der Waals surface area contributed by atoms with Crippen LogP contribution in [0.3, 0.4) is 0 Å². The number of benzene rings is 1. The van der Waals surface area contributed by atoms with Crippen molar-refractivity contribution in [2.45, 2.75) is 39.3 Å². The highest BCUT2D eigenvalue weighted by atomic mass is 16.2. The van der Waals surface area contributed by atoms with Gasteiger partial charge in [0, 0.05) is 31.1 Å². The maximum absolute atomic E-state index is 11.6. The van der Waals surface area contributed by atoms with Crippen molar-refractivity contribution in [3.05, 3.63) is 35.4 Å². The average molecular weight is 277 g/mol. The van der Waals surface area contributed by atoms with E-state index >= 15 is 0 Å². The van der Waals surface area contributed by atoms with Crippen LogP contribution in [0.1, 0.15) is 42.6 Å². The number of amides is 2. The fourth-order valence-electron chi connectivity index (χ4n) is 1.79. The first-order valence-corrected chi connectivity index (χ1v) is 6.92. The lowest BCUT2D eigenvalue weighted by molar-refractivity contribution is -0.121. The molecule has 4 N–H and O–H groups in total. The van der Waals surface area contributed by atoms with E-state index in [0.717, 1.165) is 12.0 Å². The van der Waals surface area contributed by atoms with E-state index in [1.54, 1.807) is 12.1 Å². The lowest BCUT2D eigenvalue weighted by atomic mass is 10.1. The Morgan fingerprint density at radius 3 is 2.65 bits per heavy atom. The maximum atomic E-state index is 11.6. The molecule has 5 nitrogen and oxygen atoms in total. The van der Waals surface area contributed by atoms with E-state index < -0.39 is 5.91 Å². The van der Waals surface area contributed by atoms with Crippen LogP contribution in [0.2, 0.25) is 0 Å². The molecular formula is C15H23N3O2. The molecule has 5 heteroatoms. The van der Waals surface area contributed by atoms with E-state index in [2.05, 4.69) is 10.6 Å². The zero-order valence-electron chi connectivity index (χ0n) is 12.1. The van der Waals surface area contributed by atoms with Gasteiger partial charge in [-0.3, -0.25) is 9.59 Å². The Balaban J connectivity index is 2.35. The molecule has 1 aromatic carbocycles. The third kappa shape index (κ3) is 5.40. The van der Waals surface area contributed by atoms with Gasteiger partial charge in [-0.15, -0.1) is 0 Å². The zero-order valence-corrected chi connectivity index (χ0v) is 12.1. The number of rotatable bonds is 8. The molecule has 0 radical (unpaired) electrons. The predicted molar refractivity (Wildman–Crippen MR) is 79.2 cm³/mol. The van der Waals surface area contributed by atoms with Crippen molar-refractivity contribution in [2.75, 3.05) is 6.54 Å². The zero-order chi connectivity index (χ0) is 15.0. The first-order chi connectivity index (χ1) is 9.54. The second kappa shape index (κ2) is 8.32.